The first-order chi connectivity index (χ1) is 16.6. The number of ether oxygens (including phenoxy) is 1. The lowest BCUT2D eigenvalue weighted by atomic mass is 9.58. The van der Waals surface area contributed by atoms with Crippen molar-refractivity contribution < 1.29 is 9.53 Å². The molecule has 6 heteroatoms. The number of benzene rings is 2. The number of nitrogens with zero attached hydrogens (tertiary/aromatic N) is 3. The lowest BCUT2D eigenvalue weighted by Crippen LogP contribution is -2.47. The summed E-state index contributed by atoms with van der Waals surface area (Å²) in [5, 5.41) is 22.7. The molecule has 2 aromatic carbocycles. The minimum Gasteiger partial charge on any atom is -0.758 e. The molecule has 2 aliphatic rings. The normalized spacial score (nSPS) is 20.8. The summed E-state index contributed by atoms with van der Waals surface area (Å²) >= 11 is 0. The van der Waals surface area contributed by atoms with Crippen LogP contribution >= 0.6 is 0 Å². The Bertz CT molecular complexity index is 1240. The summed E-state index contributed by atoms with van der Waals surface area (Å²) in [6.07, 6.45) is 5.51. The first-order valence-corrected chi connectivity index (χ1v) is 12.0. The van der Waals surface area contributed by atoms with Crippen LogP contribution < -0.4 is 9.96 Å². The van der Waals surface area contributed by atoms with Gasteiger partial charge in [-0.05, 0) is 54.8 Å². The largest absolute Gasteiger partial charge is 0.758 e. The fourth-order valence-corrected chi connectivity index (χ4v) is 5.68. The monoisotopic (exact) mass is 470 g/mol. The number of nitriles is 1. The van der Waals surface area contributed by atoms with Crippen molar-refractivity contribution in [1.29, 1.82) is 5.26 Å². The summed E-state index contributed by atoms with van der Waals surface area (Å²) in [5.74, 6) is -0.334. The Morgan fingerprint density at radius 2 is 1.89 bits per heavy atom. The highest BCUT2D eigenvalue weighted by Crippen LogP contribution is 2.55. The molecule has 0 N–H and O–H groups in total. The van der Waals surface area contributed by atoms with Crippen LogP contribution in [-0.2, 0) is 4.74 Å². The molecule has 4 rings (SSSR count). The molecule has 0 saturated heterocycles. The second-order valence-corrected chi connectivity index (χ2v) is 10.1. The molecule has 0 fully saturated rings. The highest BCUT2D eigenvalue weighted by atomic mass is 16.5. The summed E-state index contributed by atoms with van der Waals surface area (Å²) in [7, 11) is 1.39. The fourth-order valence-electron chi connectivity index (χ4n) is 5.68. The molecule has 0 unspecified atom stereocenters. The Balaban J connectivity index is 1.65. The lowest BCUT2D eigenvalue weighted by molar-refractivity contribution is 0.0600. The topological polar surface area (TPSA) is 79.6 Å². The molecule has 35 heavy (non-hydrogen) atoms. The van der Waals surface area contributed by atoms with Gasteiger partial charge in [0.05, 0.1) is 24.3 Å². The summed E-state index contributed by atoms with van der Waals surface area (Å²) in [6.45, 7) is 10.5. The van der Waals surface area contributed by atoms with Gasteiger partial charge in [-0.3, -0.25) is 0 Å². The zero-order valence-electron chi connectivity index (χ0n) is 21.1. The van der Waals surface area contributed by atoms with Crippen molar-refractivity contribution in [2.24, 2.45) is 10.8 Å². The molecule has 1 aliphatic heterocycles. The third-order valence-electron chi connectivity index (χ3n) is 7.40. The van der Waals surface area contributed by atoms with Gasteiger partial charge in [-0.1, -0.05) is 50.6 Å². The van der Waals surface area contributed by atoms with Crippen LogP contribution in [0.1, 0.15) is 55.6 Å². The minimum atomic E-state index is -0.334. The highest BCUT2D eigenvalue weighted by molar-refractivity contribution is 5.90. The smallest absolute Gasteiger partial charge is 0.337 e. The Labute approximate surface area is 207 Å². The zero-order valence-corrected chi connectivity index (χ0v) is 21.1. The van der Waals surface area contributed by atoms with E-state index in [1.165, 1.54) is 18.3 Å². The van der Waals surface area contributed by atoms with Crippen molar-refractivity contribution in [1.82, 2.24) is 0 Å². The third kappa shape index (κ3) is 4.44. The quantitative estimate of drug-likeness (QED) is 0.306. The number of methoxy groups -OCH3 is 1. The summed E-state index contributed by atoms with van der Waals surface area (Å²) in [5.41, 5.74) is 5.95. The van der Waals surface area contributed by atoms with Gasteiger partial charge in [-0.25, -0.2) is 4.79 Å². The van der Waals surface area contributed by atoms with E-state index in [1.807, 2.05) is 36.4 Å². The number of hydroxylamine groups is 1. The fraction of sp³-hybridized carbons (Fsp3) is 0.379. The van der Waals surface area contributed by atoms with Crippen LogP contribution in [-0.4, -0.2) is 32.7 Å². The molecule has 0 radical (unpaired) electrons. The number of carbonyl (C=O) groups is 1. The number of carbonyl (C=O) groups excluding carboxylic acids is 1. The molecule has 0 amide bonds. The van der Waals surface area contributed by atoms with Crippen LogP contribution in [0, 0.1) is 27.4 Å². The summed E-state index contributed by atoms with van der Waals surface area (Å²) < 4.78 is 4.83. The molecule has 0 aromatic heterocycles. The average molecular weight is 471 g/mol. The Morgan fingerprint density at radius 1 is 1.17 bits per heavy atom. The van der Waals surface area contributed by atoms with Crippen LogP contribution in [0.15, 0.2) is 60.2 Å². The molecule has 0 spiro atoms. The first-order valence-electron chi connectivity index (χ1n) is 12.0. The molecule has 0 bridgehead atoms. The predicted octanol–water partition coefficient (Wildman–Crippen LogP) is 5.94. The zero-order chi connectivity index (χ0) is 25.4. The number of fused-ring (bicyclic) bond motifs is 1. The van der Waals surface area contributed by atoms with E-state index in [9.17, 15) is 15.3 Å². The van der Waals surface area contributed by atoms with Crippen LogP contribution in [0.25, 0.3) is 5.57 Å². The van der Waals surface area contributed by atoms with Gasteiger partial charge in [-0.2, -0.15) is 5.26 Å². The second-order valence-electron chi connectivity index (χ2n) is 10.1. The number of esters is 1. The van der Waals surface area contributed by atoms with Crippen LogP contribution in [0.2, 0.25) is 0 Å². The van der Waals surface area contributed by atoms with Crippen molar-refractivity contribution in [3.8, 4) is 6.07 Å². The van der Waals surface area contributed by atoms with Crippen molar-refractivity contribution in [2.45, 2.75) is 34.1 Å². The van der Waals surface area contributed by atoms with Gasteiger partial charge in [0, 0.05) is 41.8 Å². The van der Waals surface area contributed by atoms with E-state index in [-0.39, 0.29) is 16.8 Å². The minimum absolute atomic E-state index is 0.0814. The second kappa shape index (κ2) is 9.24. The molecule has 2 aromatic rings. The molecule has 1 atom stereocenters. The predicted molar refractivity (Wildman–Crippen MR) is 140 cm³/mol. The maximum atomic E-state index is 12.3. The number of allylic oxidation sites excluding steroid dienone is 2. The molecular formula is C29H32N3O3-. The van der Waals surface area contributed by atoms with Crippen LogP contribution in [0.4, 0.5) is 11.4 Å². The number of rotatable bonds is 5. The van der Waals surface area contributed by atoms with Crippen molar-refractivity contribution in [3.05, 3.63) is 82.1 Å². The molecule has 182 valence electrons. The maximum Gasteiger partial charge on any atom is 0.337 e. The van der Waals surface area contributed by atoms with E-state index in [0.717, 1.165) is 29.3 Å². The number of hydrogen-bond donors (Lipinski definition) is 0. The molecule has 0 saturated carbocycles. The summed E-state index contributed by atoms with van der Waals surface area (Å²) in [6, 6.07) is 15.2. The Morgan fingerprint density at radius 3 is 2.51 bits per heavy atom. The van der Waals surface area contributed by atoms with Gasteiger partial charge in [0.15, 0.2) is 0 Å². The van der Waals surface area contributed by atoms with Gasteiger partial charge < -0.3 is 19.9 Å². The van der Waals surface area contributed by atoms with E-state index >= 15 is 0 Å². The average Bonchev–Trinajstić information content (AvgIpc) is 2.86. The van der Waals surface area contributed by atoms with Crippen LogP contribution in [0.5, 0.6) is 0 Å². The highest BCUT2D eigenvalue weighted by Gasteiger charge is 2.45. The maximum absolute atomic E-state index is 12.3. The van der Waals surface area contributed by atoms with E-state index < -0.39 is 0 Å². The van der Waals surface area contributed by atoms with E-state index in [2.05, 4.69) is 43.9 Å². The van der Waals surface area contributed by atoms with Gasteiger partial charge in [0.25, 0.3) is 0 Å². The van der Waals surface area contributed by atoms with Crippen molar-refractivity contribution in [3.63, 3.8) is 0 Å². The van der Waals surface area contributed by atoms with Crippen LogP contribution in [0.3, 0.4) is 0 Å². The third-order valence-corrected chi connectivity index (χ3v) is 7.40. The number of anilines is 2. The SMILES string of the molecule is CCN([O-])c1cc(C#N)cc(N2CC=C3C(C)(C)C(c4ccc(C(=O)OC)cc4)=CC[C@]3(C)C2)c1. The van der Waals surface area contributed by atoms with Gasteiger partial charge in [-0.15, -0.1) is 0 Å². The van der Waals surface area contributed by atoms with E-state index in [0.29, 0.717) is 29.9 Å². The molecular weight excluding hydrogens is 438 g/mol. The van der Waals surface area contributed by atoms with E-state index in [1.54, 1.807) is 13.0 Å². The molecule has 6 nitrogen and oxygen atoms in total. The van der Waals surface area contributed by atoms with E-state index in [4.69, 9.17) is 4.74 Å². The standard InChI is InChI=1S/C29H32N3O3/c1-6-32(34)24-16-20(18-30)15-23(17-24)31-14-12-26-28(2,3)25(11-13-29(26,4)19-31)21-7-9-22(10-8-21)27(33)35-5/h7-12,15-17H,6,13-14,19H2,1-5H3/q-1/t29-/m1/s1. The van der Waals surface area contributed by atoms with Gasteiger partial charge in [0.2, 0.25) is 0 Å². The summed E-state index contributed by atoms with van der Waals surface area (Å²) in [4.78, 5) is 14.1. The van der Waals surface area contributed by atoms with Crippen molar-refractivity contribution >= 4 is 22.9 Å². The lowest BCUT2D eigenvalue weighted by Gasteiger charge is -2.51. The van der Waals surface area contributed by atoms with Gasteiger partial charge >= 0.3 is 5.97 Å². The Hall–Kier alpha value is -3.56. The Kier molecular flexibility index (Phi) is 6.48. The molecule has 1 aliphatic carbocycles. The van der Waals surface area contributed by atoms with Gasteiger partial charge in [0.1, 0.15) is 0 Å². The first kappa shape index (κ1) is 24.6. The number of hydrogen-bond acceptors (Lipinski definition) is 6. The van der Waals surface area contributed by atoms with Crippen molar-refractivity contribution in [2.75, 3.05) is 36.7 Å². The molecule has 1 heterocycles.